The van der Waals surface area contributed by atoms with E-state index in [0.29, 0.717) is 11.7 Å². The smallest absolute Gasteiger partial charge is 0.137 e. The van der Waals surface area contributed by atoms with Crippen molar-refractivity contribution < 1.29 is 4.79 Å². The van der Waals surface area contributed by atoms with Crippen LogP contribution in [-0.2, 0) is 4.79 Å². The maximum absolute atomic E-state index is 11.8. The number of Topliss-reactive ketones (excluding diaryl/α,β-unsaturated/α-hetero) is 1. The predicted octanol–water partition coefficient (Wildman–Crippen LogP) is 4.28. The minimum atomic E-state index is -1.05. The van der Waals surface area contributed by atoms with Gasteiger partial charge in [0.15, 0.2) is 0 Å². The van der Waals surface area contributed by atoms with Crippen LogP contribution in [0.15, 0.2) is 11.1 Å². The molecule has 0 saturated heterocycles. The number of hydrogen-bond acceptors (Lipinski definition) is 1. The van der Waals surface area contributed by atoms with Crippen molar-refractivity contribution in [3.63, 3.8) is 0 Å². The van der Waals surface area contributed by atoms with Gasteiger partial charge in [0.2, 0.25) is 0 Å². The highest BCUT2D eigenvalue weighted by Gasteiger charge is 2.37. The molecule has 0 aromatic heterocycles. The average Bonchev–Trinajstić information content (AvgIpc) is 2.44. The molecule has 1 fully saturated rings. The first-order valence-electron chi connectivity index (χ1n) is 6.39. The summed E-state index contributed by atoms with van der Waals surface area (Å²) in [7, 11) is -1.05. The minimum Gasteiger partial charge on any atom is -0.299 e. The van der Waals surface area contributed by atoms with Gasteiger partial charge in [-0.1, -0.05) is 36.8 Å². The summed E-state index contributed by atoms with van der Waals surface area (Å²) in [6.07, 6.45) is 2.39. The van der Waals surface area contributed by atoms with Gasteiger partial charge in [-0.25, -0.2) is 0 Å². The van der Waals surface area contributed by atoms with Gasteiger partial charge < -0.3 is 0 Å². The molecule has 0 amide bonds. The molecule has 1 aliphatic rings. The minimum absolute atomic E-state index is 0.247. The van der Waals surface area contributed by atoms with Crippen LogP contribution in [0.25, 0.3) is 0 Å². The van der Waals surface area contributed by atoms with Gasteiger partial charge in [-0.3, -0.25) is 4.79 Å². The molecule has 0 bridgehead atoms. The zero-order valence-corrected chi connectivity index (χ0v) is 12.7. The predicted molar refractivity (Wildman–Crippen MR) is 73.4 cm³/mol. The van der Waals surface area contributed by atoms with Crippen LogP contribution < -0.4 is 0 Å². The Morgan fingerprint density at radius 3 is 2.19 bits per heavy atom. The van der Waals surface area contributed by atoms with Crippen molar-refractivity contribution >= 4 is 13.9 Å². The van der Waals surface area contributed by atoms with Crippen molar-refractivity contribution in [3.05, 3.63) is 11.1 Å². The lowest BCUT2D eigenvalue weighted by Crippen LogP contribution is -2.28. The molecule has 0 radical (unpaired) electrons. The first-order valence-corrected chi connectivity index (χ1v) is 10.1. The number of carbonyl (C=O) groups is 1. The molecule has 1 saturated carbocycles. The Kier molecular flexibility index (Phi) is 4.16. The molecule has 1 rings (SSSR count). The van der Waals surface area contributed by atoms with Crippen molar-refractivity contribution in [2.45, 2.75) is 59.3 Å². The van der Waals surface area contributed by atoms with Crippen molar-refractivity contribution in [2.75, 3.05) is 0 Å². The van der Waals surface area contributed by atoms with Crippen molar-refractivity contribution in [1.29, 1.82) is 0 Å². The lowest BCUT2D eigenvalue weighted by Gasteiger charge is -2.25. The SMILES string of the molecule is CC(=O)[C@H]1C(=C(C)C)CC[C@H]1C[Si](C)(C)C. The maximum Gasteiger partial charge on any atom is 0.137 e. The zero-order chi connectivity index (χ0) is 12.5. The fourth-order valence-corrected chi connectivity index (χ4v) is 5.11. The Morgan fingerprint density at radius 2 is 1.81 bits per heavy atom. The molecule has 0 N–H and O–H groups in total. The average molecular weight is 238 g/mol. The Bertz CT molecular complexity index is 305. The van der Waals surface area contributed by atoms with Crippen molar-refractivity contribution in [1.82, 2.24) is 0 Å². The Labute approximate surface area is 101 Å². The van der Waals surface area contributed by atoms with E-state index in [2.05, 4.69) is 33.5 Å². The molecule has 92 valence electrons. The van der Waals surface area contributed by atoms with Crippen LogP contribution in [0.3, 0.4) is 0 Å². The molecule has 0 heterocycles. The van der Waals surface area contributed by atoms with Crippen LogP contribution in [-0.4, -0.2) is 13.9 Å². The Hall–Kier alpha value is -0.373. The summed E-state index contributed by atoms with van der Waals surface area (Å²) in [6, 6.07) is 1.30. The monoisotopic (exact) mass is 238 g/mol. The van der Waals surface area contributed by atoms with E-state index in [4.69, 9.17) is 0 Å². The molecule has 1 aliphatic carbocycles. The number of allylic oxidation sites excluding steroid dienone is 2. The third kappa shape index (κ3) is 3.31. The fourth-order valence-electron chi connectivity index (χ4n) is 3.09. The second-order valence-corrected chi connectivity index (χ2v) is 12.2. The normalized spacial score (nSPS) is 26.0. The summed E-state index contributed by atoms with van der Waals surface area (Å²) >= 11 is 0. The Balaban J connectivity index is 2.90. The summed E-state index contributed by atoms with van der Waals surface area (Å²) in [5.74, 6) is 1.27. The molecule has 0 aromatic rings. The highest BCUT2D eigenvalue weighted by Crippen LogP contribution is 2.42. The topological polar surface area (TPSA) is 17.1 Å². The summed E-state index contributed by atoms with van der Waals surface area (Å²) in [6.45, 7) is 13.3. The van der Waals surface area contributed by atoms with Gasteiger partial charge in [-0.05, 0) is 39.5 Å². The number of hydrogen-bond donors (Lipinski definition) is 0. The van der Waals surface area contributed by atoms with E-state index in [1.54, 1.807) is 6.92 Å². The first kappa shape index (κ1) is 13.7. The van der Waals surface area contributed by atoms with Crippen LogP contribution >= 0.6 is 0 Å². The molecule has 16 heavy (non-hydrogen) atoms. The van der Waals surface area contributed by atoms with Gasteiger partial charge in [0, 0.05) is 14.0 Å². The zero-order valence-electron chi connectivity index (χ0n) is 11.7. The van der Waals surface area contributed by atoms with Gasteiger partial charge in [-0.2, -0.15) is 0 Å². The van der Waals surface area contributed by atoms with E-state index >= 15 is 0 Å². The number of ketones is 1. The highest BCUT2D eigenvalue weighted by molar-refractivity contribution is 6.76. The quantitative estimate of drug-likeness (QED) is 0.530. The molecule has 0 spiro atoms. The molecule has 2 atom stereocenters. The van der Waals surface area contributed by atoms with Crippen LogP contribution in [0.5, 0.6) is 0 Å². The second kappa shape index (κ2) is 4.87. The van der Waals surface area contributed by atoms with Crippen LogP contribution in [0.1, 0.15) is 33.6 Å². The second-order valence-electron chi connectivity index (χ2n) is 6.68. The van der Waals surface area contributed by atoms with Gasteiger partial charge in [0.1, 0.15) is 5.78 Å². The van der Waals surface area contributed by atoms with Gasteiger partial charge in [0.05, 0.1) is 0 Å². The summed E-state index contributed by atoms with van der Waals surface area (Å²) in [4.78, 5) is 11.8. The molecular weight excluding hydrogens is 212 g/mol. The van der Waals surface area contributed by atoms with Crippen LogP contribution in [0, 0.1) is 11.8 Å². The molecule has 0 aromatic carbocycles. The summed E-state index contributed by atoms with van der Waals surface area (Å²) in [5.41, 5.74) is 2.81. The number of rotatable bonds is 3. The molecule has 1 nitrogen and oxygen atoms in total. The Morgan fingerprint density at radius 1 is 1.25 bits per heavy atom. The fraction of sp³-hybridized carbons (Fsp3) is 0.786. The molecule has 2 heteroatoms. The van der Waals surface area contributed by atoms with E-state index in [0.717, 1.165) is 6.42 Å². The molecule has 0 aliphatic heterocycles. The third-order valence-electron chi connectivity index (χ3n) is 3.59. The molecule has 0 unspecified atom stereocenters. The lowest BCUT2D eigenvalue weighted by atomic mass is 9.89. The van der Waals surface area contributed by atoms with Gasteiger partial charge in [-0.15, -0.1) is 0 Å². The van der Waals surface area contributed by atoms with Crippen molar-refractivity contribution in [2.24, 2.45) is 11.8 Å². The number of carbonyl (C=O) groups excluding carboxylic acids is 1. The van der Waals surface area contributed by atoms with E-state index in [9.17, 15) is 4.79 Å². The van der Waals surface area contributed by atoms with Crippen molar-refractivity contribution in [3.8, 4) is 0 Å². The maximum atomic E-state index is 11.8. The standard InChI is InChI=1S/C14H26OSi/c1-10(2)13-8-7-12(9-16(4,5)6)14(13)11(3)15/h12,14H,7-9H2,1-6H3/t12-,14+/m0/s1. The van der Waals surface area contributed by atoms with Crippen LogP contribution in [0.2, 0.25) is 25.7 Å². The largest absolute Gasteiger partial charge is 0.299 e. The summed E-state index contributed by atoms with van der Waals surface area (Å²) in [5, 5.41) is 0. The third-order valence-corrected chi connectivity index (χ3v) is 5.34. The highest BCUT2D eigenvalue weighted by atomic mass is 28.3. The van der Waals surface area contributed by atoms with E-state index < -0.39 is 8.07 Å². The van der Waals surface area contributed by atoms with E-state index in [1.807, 2.05) is 0 Å². The first-order chi connectivity index (χ1) is 7.22. The van der Waals surface area contributed by atoms with E-state index in [-0.39, 0.29) is 5.92 Å². The van der Waals surface area contributed by atoms with Crippen LogP contribution in [0.4, 0.5) is 0 Å². The van der Waals surface area contributed by atoms with E-state index in [1.165, 1.54) is 23.6 Å². The van der Waals surface area contributed by atoms with Gasteiger partial charge in [0.25, 0.3) is 0 Å². The van der Waals surface area contributed by atoms with Gasteiger partial charge >= 0.3 is 0 Å². The molecular formula is C14H26OSi. The lowest BCUT2D eigenvalue weighted by molar-refractivity contribution is -0.120. The summed E-state index contributed by atoms with van der Waals surface area (Å²) < 4.78 is 0.